The second kappa shape index (κ2) is 6.83. The van der Waals surface area contributed by atoms with E-state index in [1.54, 1.807) is 52.8 Å². The molecule has 140 valence electrons. The van der Waals surface area contributed by atoms with Crippen LogP contribution in [0.1, 0.15) is 50.5 Å². The zero-order valence-electron chi connectivity index (χ0n) is 15.4. The van der Waals surface area contributed by atoms with Gasteiger partial charge in [-0.05, 0) is 46.2 Å². The summed E-state index contributed by atoms with van der Waals surface area (Å²) in [5.74, 6) is -4.15. The van der Waals surface area contributed by atoms with Crippen molar-refractivity contribution in [2.24, 2.45) is 5.92 Å². The predicted octanol–water partition coefficient (Wildman–Crippen LogP) is 2.46. The van der Waals surface area contributed by atoms with Crippen molar-refractivity contribution >= 4 is 35.0 Å². The van der Waals surface area contributed by atoms with E-state index in [0.29, 0.717) is 10.6 Å². The maximum Gasteiger partial charge on any atom is 0.325 e. The van der Waals surface area contributed by atoms with E-state index >= 15 is 0 Å². The number of carbonyl (C=O) groups is 4. The molecule has 1 amide bonds. The summed E-state index contributed by atoms with van der Waals surface area (Å²) in [6.45, 7) is 7.93. The summed E-state index contributed by atoms with van der Waals surface area (Å²) in [6, 6.07) is 4.75. The third-order valence-electron chi connectivity index (χ3n) is 4.13. The standard InChI is InChI=1S/C19H22ClNO5/c1-18(2,3)26-12(22)9-21-17(25)13-15(23)10-7-6-8-11(20)14(10)19(4,5)16(13)24/h6-8,13H,9H2,1-5H3,(H,21,25). The third-order valence-corrected chi connectivity index (χ3v) is 4.45. The van der Waals surface area contributed by atoms with Gasteiger partial charge in [-0.1, -0.05) is 23.7 Å². The number of amides is 1. The quantitative estimate of drug-likeness (QED) is 0.643. The van der Waals surface area contributed by atoms with Crippen molar-refractivity contribution < 1.29 is 23.9 Å². The maximum absolute atomic E-state index is 12.8. The molecule has 1 aliphatic rings. The second-order valence-electron chi connectivity index (χ2n) is 7.75. The highest BCUT2D eigenvalue weighted by atomic mass is 35.5. The van der Waals surface area contributed by atoms with Gasteiger partial charge in [0, 0.05) is 10.6 Å². The van der Waals surface area contributed by atoms with Crippen molar-refractivity contribution in [3.8, 4) is 0 Å². The molecular formula is C19H22ClNO5. The molecule has 1 unspecified atom stereocenters. The lowest BCUT2D eigenvalue weighted by molar-refractivity contribution is -0.155. The summed E-state index contributed by atoms with van der Waals surface area (Å²) in [6.07, 6.45) is 0. The first-order valence-corrected chi connectivity index (χ1v) is 8.61. The Hall–Kier alpha value is -2.21. The van der Waals surface area contributed by atoms with Crippen molar-refractivity contribution in [3.05, 3.63) is 34.3 Å². The van der Waals surface area contributed by atoms with Crippen LogP contribution < -0.4 is 5.32 Å². The van der Waals surface area contributed by atoms with E-state index in [9.17, 15) is 19.2 Å². The molecule has 0 bridgehead atoms. The topological polar surface area (TPSA) is 89.5 Å². The van der Waals surface area contributed by atoms with E-state index in [1.807, 2.05) is 0 Å². The second-order valence-corrected chi connectivity index (χ2v) is 8.16. The normalized spacial score (nSPS) is 18.9. The van der Waals surface area contributed by atoms with Crippen molar-refractivity contribution in [2.75, 3.05) is 6.54 Å². The number of ether oxygens (including phenoxy) is 1. The lowest BCUT2D eigenvalue weighted by Crippen LogP contribution is -2.52. The Morgan fingerprint density at radius 2 is 1.85 bits per heavy atom. The predicted molar refractivity (Wildman–Crippen MR) is 96.2 cm³/mol. The Bertz CT molecular complexity index is 792. The summed E-state index contributed by atoms with van der Waals surface area (Å²) < 4.78 is 5.10. The Kier molecular flexibility index (Phi) is 5.29. The van der Waals surface area contributed by atoms with Gasteiger partial charge in [-0.2, -0.15) is 0 Å². The molecule has 0 heterocycles. The molecule has 0 aliphatic heterocycles. The summed E-state index contributed by atoms with van der Waals surface area (Å²) in [4.78, 5) is 49.8. The number of hydrogen-bond donors (Lipinski definition) is 1. The van der Waals surface area contributed by atoms with Crippen LogP contribution in [0, 0.1) is 5.92 Å². The molecule has 26 heavy (non-hydrogen) atoms. The number of fused-ring (bicyclic) bond motifs is 1. The summed E-state index contributed by atoms with van der Waals surface area (Å²) in [5, 5.41) is 2.64. The molecule has 1 aromatic rings. The molecule has 1 aliphatic carbocycles. The van der Waals surface area contributed by atoms with Gasteiger partial charge in [0.1, 0.15) is 12.1 Å². The van der Waals surface area contributed by atoms with E-state index in [1.165, 1.54) is 0 Å². The molecule has 7 heteroatoms. The Morgan fingerprint density at radius 3 is 2.42 bits per heavy atom. The minimum Gasteiger partial charge on any atom is -0.459 e. The first kappa shape index (κ1) is 20.1. The number of benzene rings is 1. The van der Waals surface area contributed by atoms with E-state index in [0.717, 1.165) is 0 Å². The van der Waals surface area contributed by atoms with Crippen LogP contribution in [0.25, 0.3) is 0 Å². The fourth-order valence-corrected chi connectivity index (χ4v) is 3.41. The summed E-state index contributed by atoms with van der Waals surface area (Å²) >= 11 is 6.18. The fourth-order valence-electron chi connectivity index (χ4n) is 3.00. The third kappa shape index (κ3) is 3.80. The van der Waals surface area contributed by atoms with E-state index in [2.05, 4.69) is 5.32 Å². The van der Waals surface area contributed by atoms with Crippen molar-refractivity contribution in [2.45, 2.75) is 45.6 Å². The lowest BCUT2D eigenvalue weighted by atomic mass is 9.66. The average molecular weight is 380 g/mol. The number of hydrogen-bond acceptors (Lipinski definition) is 5. The molecular weight excluding hydrogens is 358 g/mol. The zero-order valence-corrected chi connectivity index (χ0v) is 16.2. The number of esters is 1. The van der Waals surface area contributed by atoms with Gasteiger partial charge in [0.25, 0.3) is 0 Å². The summed E-state index contributed by atoms with van der Waals surface area (Å²) in [7, 11) is 0. The van der Waals surface area contributed by atoms with Crippen molar-refractivity contribution in [1.29, 1.82) is 0 Å². The van der Waals surface area contributed by atoms with Gasteiger partial charge in [-0.25, -0.2) is 0 Å². The smallest absolute Gasteiger partial charge is 0.325 e. The largest absolute Gasteiger partial charge is 0.459 e. The molecule has 0 saturated carbocycles. The van der Waals surface area contributed by atoms with Crippen LogP contribution in [0.4, 0.5) is 0 Å². The van der Waals surface area contributed by atoms with Crippen LogP contribution in [-0.4, -0.2) is 35.6 Å². The minimum atomic E-state index is -1.52. The van der Waals surface area contributed by atoms with Crippen molar-refractivity contribution in [3.63, 3.8) is 0 Å². The number of Topliss-reactive ketones (excluding diaryl/α,β-unsaturated/α-hetero) is 2. The van der Waals surface area contributed by atoms with E-state index < -0.39 is 46.9 Å². The molecule has 2 rings (SSSR count). The number of halogens is 1. The molecule has 0 fully saturated rings. The van der Waals surface area contributed by atoms with Crippen LogP contribution in [0.3, 0.4) is 0 Å². The Morgan fingerprint density at radius 1 is 1.23 bits per heavy atom. The lowest BCUT2D eigenvalue weighted by Gasteiger charge is -2.35. The molecule has 1 aromatic carbocycles. The van der Waals surface area contributed by atoms with Gasteiger partial charge in [0.2, 0.25) is 5.91 Å². The van der Waals surface area contributed by atoms with Crippen molar-refractivity contribution in [1.82, 2.24) is 5.32 Å². The highest BCUT2D eigenvalue weighted by Crippen LogP contribution is 2.40. The highest BCUT2D eigenvalue weighted by Gasteiger charge is 2.50. The van der Waals surface area contributed by atoms with Crippen LogP contribution in [0.15, 0.2) is 18.2 Å². The minimum absolute atomic E-state index is 0.250. The zero-order chi connectivity index (χ0) is 19.9. The first-order valence-electron chi connectivity index (χ1n) is 8.23. The number of ketones is 2. The van der Waals surface area contributed by atoms with Crippen LogP contribution in [0.5, 0.6) is 0 Å². The van der Waals surface area contributed by atoms with Gasteiger partial charge in [-0.15, -0.1) is 0 Å². The monoisotopic (exact) mass is 379 g/mol. The maximum atomic E-state index is 12.8. The Labute approximate surface area is 157 Å². The molecule has 0 saturated heterocycles. The molecule has 6 nitrogen and oxygen atoms in total. The number of nitrogens with one attached hydrogen (secondary N) is 1. The molecule has 0 spiro atoms. The van der Waals surface area contributed by atoms with Gasteiger partial charge in [-0.3, -0.25) is 19.2 Å². The van der Waals surface area contributed by atoms with Gasteiger partial charge >= 0.3 is 5.97 Å². The average Bonchev–Trinajstić information content (AvgIpc) is 2.49. The SMILES string of the molecule is CC(C)(C)OC(=O)CNC(=O)C1C(=O)c2cccc(Cl)c2C(C)(C)C1=O. The number of rotatable bonds is 3. The van der Waals surface area contributed by atoms with E-state index in [4.69, 9.17) is 16.3 Å². The Balaban J connectivity index is 2.25. The number of carbonyl (C=O) groups excluding carboxylic acids is 4. The van der Waals surface area contributed by atoms with Crippen LogP contribution >= 0.6 is 11.6 Å². The molecule has 1 N–H and O–H groups in total. The fraction of sp³-hybridized carbons (Fsp3) is 0.474. The van der Waals surface area contributed by atoms with E-state index in [-0.39, 0.29) is 5.56 Å². The van der Waals surface area contributed by atoms with Crippen LogP contribution in [0.2, 0.25) is 5.02 Å². The first-order chi connectivity index (χ1) is 11.9. The molecule has 0 aromatic heterocycles. The van der Waals surface area contributed by atoms with Gasteiger partial charge < -0.3 is 10.1 Å². The van der Waals surface area contributed by atoms with Gasteiger partial charge in [0.15, 0.2) is 17.5 Å². The van der Waals surface area contributed by atoms with Crippen LogP contribution in [-0.2, 0) is 24.5 Å². The van der Waals surface area contributed by atoms with Gasteiger partial charge in [0.05, 0.1) is 5.41 Å². The summed E-state index contributed by atoms with van der Waals surface area (Å²) in [5.41, 5.74) is -1.13. The molecule has 0 radical (unpaired) electrons. The highest BCUT2D eigenvalue weighted by molar-refractivity contribution is 6.35. The molecule has 1 atom stereocenters.